The maximum absolute atomic E-state index is 11.8. The molecule has 1 aromatic rings. The number of nitrogens with one attached hydrogen (secondary N) is 2. The van der Waals surface area contributed by atoms with Crippen LogP contribution in [0, 0.1) is 13.8 Å². The molecule has 0 unspecified atom stereocenters. The summed E-state index contributed by atoms with van der Waals surface area (Å²) in [5, 5.41) is 10.3. The quantitative estimate of drug-likeness (QED) is 0.855. The molecule has 5 nitrogen and oxygen atoms in total. The maximum atomic E-state index is 11.8. The largest absolute Gasteiger partial charge is 0.361 e. The Balaban J connectivity index is 1.69. The third-order valence-corrected chi connectivity index (χ3v) is 4.28. The molecule has 6 heteroatoms. The summed E-state index contributed by atoms with van der Waals surface area (Å²) in [5.74, 6) is 2.23. The number of nitrogens with zero attached hydrogens (tertiary/aromatic N) is 1. The van der Waals surface area contributed by atoms with Gasteiger partial charge in [-0.05, 0) is 33.2 Å². The van der Waals surface area contributed by atoms with Crippen LogP contribution in [0.1, 0.15) is 29.9 Å². The van der Waals surface area contributed by atoms with Gasteiger partial charge in [0.1, 0.15) is 5.76 Å². The normalized spacial score (nSPS) is 19.4. The second-order valence-electron chi connectivity index (χ2n) is 4.91. The fraction of sp³-hybridized carbons (Fsp3) is 0.692. The van der Waals surface area contributed by atoms with Gasteiger partial charge >= 0.3 is 0 Å². The molecular formula is C13H21N3O2S. The van der Waals surface area contributed by atoms with Crippen molar-refractivity contribution >= 4 is 17.7 Å². The van der Waals surface area contributed by atoms with E-state index in [0.29, 0.717) is 11.8 Å². The van der Waals surface area contributed by atoms with Crippen LogP contribution in [0.2, 0.25) is 0 Å². The molecule has 19 heavy (non-hydrogen) atoms. The van der Waals surface area contributed by atoms with Crippen LogP contribution in [-0.2, 0) is 10.5 Å². The van der Waals surface area contributed by atoms with E-state index in [1.165, 1.54) is 0 Å². The molecule has 0 aliphatic carbocycles. The highest BCUT2D eigenvalue weighted by molar-refractivity contribution is 7.99. The van der Waals surface area contributed by atoms with E-state index in [1.807, 2.05) is 13.8 Å². The minimum atomic E-state index is 0.116. The van der Waals surface area contributed by atoms with Crippen molar-refractivity contribution in [2.75, 3.05) is 18.8 Å². The van der Waals surface area contributed by atoms with Crippen molar-refractivity contribution < 1.29 is 9.32 Å². The molecule has 0 saturated carbocycles. The number of aryl methyl sites for hydroxylation is 2. The molecule has 106 valence electrons. The lowest BCUT2D eigenvalue weighted by molar-refractivity contribution is -0.119. The van der Waals surface area contributed by atoms with Gasteiger partial charge in [-0.25, -0.2) is 0 Å². The van der Waals surface area contributed by atoms with Gasteiger partial charge in [-0.1, -0.05) is 5.16 Å². The highest BCUT2D eigenvalue weighted by Gasteiger charge is 2.15. The molecule has 0 aromatic carbocycles. The van der Waals surface area contributed by atoms with E-state index in [-0.39, 0.29) is 5.91 Å². The van der Waals surface area contributed by atoms with E-state index in [9.17, 15) is 4.79 Å². The SMILES string of the molecule is Cc1noc(C)c1CSCC(=O)N[C@H]1CCCNC1. The first-order valence-electron chi connectivity index (χ1n) is 6.66. The summed E-state index contributed by atoms with van der Waals surface area (Å²) in [6.07, 6.45) is 2.21. The van der Waals surface area contributed by atoms with E-state index in [2.05, 4.69) is 15.8 Å². The molecule has 1 aliphatic rings. The predicted molar refractivity (Wildman–Crippen MR) is 76.2 cm³/mol. The number of carbonyl (C=O) groups is 1. The van der Waals surface area contributed by atoms with Gasteiger partial charge < -0.3 is 15.2 Å². The fourth-order valence-electron chi connectivity index (χ4n) is 2.20. The van der Waals surface area contributed by atoms with Gasteiger partial charge in [0, 0.05) is 23.9 Å². The second kappa shape index (κ2) is 6.96. The van der Waals surface area contributed by atoms with Crippen molar-refractivity contribution in [2.45, 2.75) is 38.5 Å². The number of hydrogen-bond acceptors (Lipinski definition) is 5. The minimum Gasteiger partial charge on any atom is -0.361 e. The zero-order valence-electron chi connectivity index (χ0n) is 11.5. The van der Waals surface area contributed by atoms with Crippen molar-refractivity contribution in [3.05, 3.63) is 17.0 Å². The number of piperidine rings is 1. The van der Waals surface area contributed by atoms with Crippen molar-refractivity contribution in [3.63, 3.8) is 0 Å². The van der Waals surface area contributed by atoms with E-state index < -0.39 is 0 Å². The van der Waals surface area contributed by atoms with Crippen LogP contribution in [0.5, 0.6) is 0 Å². The average molecular weight is 283 g/mol. The van der Waals surface area contributed by atoms with Crippen LogP contribution in [0.4, 0.5) is 0 Å². The lowest BCUT2D eigenvalue weighted by atomic mass is 10.1. The Labute approximate surface area is 117 Å². The zero-order valence-corrected chi connectivity index (χ0v) is 12.3. The van der Waals surface area contributed by atoms with Crippen molar-refractivity contribution in [3.8, 4) is 0 Å². The monoisotopic (exact) mass is 283 g/mol. The summed E-state index contributed by atoms with van der Waals surface area (Å²) in [6, 6.07) is 0.293. The van der Waals surface area contributed by atoms with E-state index in [4.69, 9.17) is 4.52 Å². The Hall–Kier alpha value is -1.01. The Morgan fingerprint density at radius 3 is 3.05 bits per heavy atom. The molecule has 0 radical (unpaired) electrons. The topological polar surface area (TPSA) is 67.2 Å². The molecule has 1 atom stereocenters. The number of rotatable bonds is 5. The van der Waals surface area contributed by atoms with Crippen LogP contribution in [0.15, 0.2) is 4.52 Å². The lowest BCUT2D eigenvalue weighted by Gasteiger charge is -2.23. The number of thioether (sulfide) groups is 1. The van der Waals surface area contributed by atoms with Gasteiger partial charge in [-0.15, -0.1) is 11.8 Å². The summed E-state index contributed by atoms with van der Waals surface area (Å²) in [6.45, 7) is 5.79. The smallest absolute Gasteiger partial charge is 0.230 e. The van der Waals surface area contributed by atoms with Crippen molar-refractivity contribution in [1.82, 2.24) is 15.8 Å². The molecule has 1 fully saturated rings. The molecule has 2 heterocycles. The fourth-order valence-corrected chi connectivity index (χ4v) is 3.19. The third-order valence-electron chi connectivity index (χ3n) is 3.32. The van der Waals surface area contributed by atoms with Gasteiger partial charge in [0.25, 0.3) is 0 Å². The summed E-state index contributed by atoms with van der Waals surface area (Å²) in [5.41, 5.74) is 2.03. The first-order valence-corrected chi connectivity index (χ1v) is 7.82. The first kappa shape index (κ1) is 14.4. The van der Waals surface area contributed by atoms with Gasteiger partial charge in [0.15, 0.2) is 0 Å². The van der Waals surface area contributed by atoms with Crippen LogP contribution in [0.25, 0.3) is 0 Å². The lowest BCUT2D eigenvalue weighted by Crippen LogP contribution is -2.46. The number of carbonyl (C=O) groups excluding carboxylic acids is 1. The van der Waals surface area contributed by atoms with E-state index in [0.717, 1.165) is 48.7 Å². The number of amides is 1. The molecule has 0 spiro atoms. The van der Waals surface area contributed by atoms with Crippen LogP contribution in [-0.4, -0.2) is 35.9 Å². The molecule has 2 N–H and O–H groups in total. The molecule has 1 saturated heterocycles. The summed E-state index contributed by atoms with van der Waals surface area (Å²) in [7, 11) is 0. The molecule has 2 rings (SSSR count). The van der Waals surface area contributed by atoms with E-state index in [1.54, 1.807) is 11.8 Å². The summed E-state index contributed by atoms with van der Waals surface area (Å²) >= 11 is 1.60. The molecule has 1 aliphatic heterocycles. The molecular weight excluding hydrogens is 262 g/mol. The zero-order chi connectivity index (χ0) is 13.7. The average Bonchev–Trinajstić information content (AvgIpc) is 2.71. The first-order chi connectivity index (χ1) is 9.16. The van der Waals surface area contributed by atoms with Gasteiger partial charge in [-0.2, -0.15) is 0 Å². The summed E-state index contributed by atoms with van der Waals surface area (Å²) < 4.78 is 5.10. The van der Waals surface area contributed by atoms with Gasteiger partial charge in [-0.3, -0.25) is 4.79 Å². The molecule has 0 bridgehead atoms. The van der Waals surface area contributed by atoms with Crippen molar-refractivity contribution in [1.29, 1.82) is 0 Å². The Morgan fingerprint density at radius 2 is 2.42 bits per heavy atom. The third kappa shape index (κ3) is 4.24. The highest BCUT2D eigenvalue weighted by Crippen LogP contribution is 2.19. The van der Waals surface area contributed by atoms with Gasteiger partial charge in [0.2, 0.25) is 5.91 Å². The van der Waals surface area contributed by atoms with Crippen LogP contribution in [0.3, 0.4) is 0 Å². The molecule has 1 amide bonds. The Morgan fingerprint density at radius 1 is 1.58 bits per heavy atom. The summed E-state index contributed by atoms with van der Waals surface area (Å²) in [4.78, 5) is 11.8. The van der Waals surface area contributed by atoms with Crippen LogP contribution >= 0.6 is 11.8 Å². The van der Waals surface area contributed by atoms with E-state index >= 15 is 0 Å². The number of aromatic nitrogens is 1. The Kier molecular flexibility index (Phi) is 5.27. The minimum absolute atomic E-state index is 0.116. The highest BCUT2D eigenvalue weighted by atomic mass is 32.2. The van der Waals surface area contributed by atoms with Gasteiger partial charge in [0.05, 0.1) is 11.4 Å². The molecule has 1 aromatic heterocycles. The maximum Gasteiger partial charge on any atom is 0.230 e. The standard InChI is InChI=1S/C13H21N3O2S/c1-9-12(10(2)18-16-9)7-19-8-13(17)15-11-4-3-5-14-6-11/h11,14H,3-8H2,1-2H3,(H,15,17)/t11-/m0/s1. The predicted octanol–water partition coefficient (Wildman–Crippen LogP) is 1.39. The second-order valence-corrected chi connectivity index (χ2v) is 5.89. The van der Waals surface area contributed by atoms with Crippen molar-refractivity contribution in [2.24, 2.45) is 0 Å². The Bertz CT molecular complexity index is 408. The van der Waals surface area contributed by atoms with Crippen LogP contribution < -0.4 is 10.6 Å². The number of hydrogen-bond donors (Lipinski definition) is 2.